The number of nitrogen functional groups attached to an aromatic ring is 3. The molecule has 0 saturated carbocycles. The normalized spacial score (nSPS) is 12.2. The largest absolute Gasteiger partial charge is 0.461 e. The van der Waals surface area contributed by atoms with Gasteiger partial charge in [0.2, 0.25) is 53.0 Å². The molecule has 30 nitrogen and oxygen atoms in total. The van der Waals surface area contributed by atoms with Gasteiger partial charge in [-0.15, -0.1) is 15.3 Å². The molecule has 0 bridgehead atoms. The molecule has 0 radical (unpaired) electrons. The predicted molar refractivity (Wildman–Crippen MR) is 387 cm³/mol. The number of benzene rings is 6. The summed E-state index contributed by atoms with van der Waals surface area (Å²) in [6, 6.07) is 65.7. The van der Waals surface area contributed by atoms with Gasteiger partial charge in [-0.05, 0) is 69.8 Å². The molecule has 6 aromatic carbocycles. The summed E-state index contributed by atoms with van der Waals surface area (Å²) < 4.78 is 25.3. The Kier molecular flexibility index (Phi) is 17.5. The molecule has 0 aliphatic carbocycles. The van der Waals surface area contributed by atoms with Gasteiger partial charge < -0.3 is 46.4 Å². The average Bonchev–Trinajstić information content (AvgIpc) is 1.61. The molecule has 516 valence electrons. The van der Waals surface area contributed by atoms with Gasteiger partial charge in [0.05, 0.1) is 53.5 Å². The molecule has 0 aliphatic rings. The van der Waals surface area contributed by atoms with Crippen molar-refractivity contribution < 1.29 is 27.6 Å². The Morgan fingerprint density at radius 2 is 0.581 bits per heavy atom. The van der Waals surface area contributed by atoms with Crippen LogP contribution in [0.15, 0.2) is 269 Å². The van der Waals surface area contributed by atoms with Gasteiger partial charge in [0, 0.05) is 19.6 Å². The van der Waals surface area contributed by atoms with E-state index >= 15 is 0 Å². The first kappa shape index (κ1) is 64.7. The number of carbonyl (C=O) groups excluding carboxylic acids is 3. The van der Waals surface area contributed by atoms with Crippen LogP contribution >= 0.6 is 0 Å². The highest BCUT2D eigenvalue weighted by Crippen LogP contribution is 2.32. The highest BCUT2D eigenvalue weighted by Gasteiger charge is 2.32. The van der Waals surface area contributed by atoms with Crippen molar-refractivity contribution in [1.29, 1.82) is 0 Å². The Balaban J connectivity index is 0.000000121. The first-order chi connectivity index (χ1) is 51.6. The number of nitrogens with zero attached hydrogens (tertiary/aromatic N) is 18. The van der Waals surface area contributed by atoms with Gasteiger partial charge in [0.15, 0.2) is 69.3 Å². The molecule has 0 aliphatic heterocycles. The van der Waals surface area contributed by atoms with E-state index in [0.29, 0.717) is 104 Å². The molecule has 30 heteroatoms. The monoisotopic (exact) mass is 1390 g/mol. The zero-order valence-corrected chi connectivity index (χ0v) is 55.3. The molecule has 12 heterocycles. The fraction of sp³-hybridized carbons (Fsp3) is 0.0800. The van der Waals surface area contributed by atoms with Crippen molar-refractivity contribution in [2.75, 3.05) is 17.2 Å². The second-order valence-electron chi connectivity index (χ2n) is 23.9. The summed E-state index contributed by atoms with van der Waals surface area (Å²) in [6.07, 6.45) is 9.52. The number of amides is 3. The van der Waals surface area contributed by atoms with Crippen LogP contribution in [0.1, 0.15) is 51.5 Å². The van der Waals surface area contributed by atoms with Crippen molar-refractivity contribution in [3.8, 4) is 34.8 Å². The molecule has 3 amide bonds. The molecule has 18 rings (SSSR count). The molecule has 105 heavy (non-hydrogen) atoms. The lowest BCUT2D eigenvalue weighted by molar-refractivity contribution is -0.124. The molecular formula is C75H60N24O6. The van der Waals surface area contributed by atoms with E-state index in [2.05, 4.69) is 76.4 Å². The maximum absolute atomic E-state index is 13.5. The van der Waals surface area contributed by atoms with Gasteiger partial charge in [0.25, 0.3) is 0 Å². The topological polar surface area (TPSA) is 387 Å². The molecule has 9 N–H and O–H groups in total. The Hall–Kier alpha value is -15.0. The van der Waals surface area contributed by atoms with Crippen molar-refractivity contribution >= 4 is 85.6 Å². The molecule has 3 atom stereocenters. The molecular weight excluding hydrogens is 1330 g/mol. The fourth-order valence-electron chi connectivity index (χ4n) is 12.1. The van der Waals surface area contributed by atoms with Gasteiger partial charge in [-0.25, -0.2) is 29.0 Å². The number of anilines is 3. The third-order valence-electron chi connectivity index (χ3n) is 17.1. The number of hydrogen-bond donors (Lipinski definition) is 6. The maximum Gasteiger partial charge on any atom is 0.249 e. The second-order valence-corrected chi connectivity index (χ2v) is 23.9. The van der Waals surface area contributed by atoms with Crippen LogP contribution in [0, 0.1) is 0 Å². The first-order valence-corrected chi connectivity index (χ1v) is 33.0. The van der Waals surface area contributed by atoms with Crippen molar-refractivity contribution in [3.63, 3.8) is 0 Å². The summed E-state index contributed by atoms with van der Waals surface area (Å²) in [6.45, 7) is 1.16. The van der Waals surface area contributed by atoms with Crippen LogP contribution in [-0.4, -0.2) is 106 Å². The van der Waals surface area contributed by atoms with Crippen LogP contribution in [0.4, 0.5) is 17.8 Å². The SMILES string of the molecule is Nc1nc2c(cnn2C(C(=O)NCc2ccccc2)c2ccccc2)c2nc(-c3ccco3)nn12.Nc1nc2c(cnn2[C@@H](C(=O)NCc2ccccc2)c2ccccc2)c2nc(-c3ccco3)nn12.Nc1nc2c(cnn2[C@H](C(=O)NCc2ccccc2)c2ccccc2)c2nc(-c3ccco3)nn12. The van der Waals surface area contributed by atoms with Crippen LogP contribution in [-0.2, 0) is 34.0 Å². The predicted octanol–water partition coefficient (Wildman–Crippen LogP) is 9.67. The third-order valence-corrected chi connectivity index (χ3v) is 17.1. The fourth-order valence-corrected chi connectivity index (χ4v) is 12.1. The smallest absolute Gasteiger partial charge is 0.249 e. The quantitative estimate of drug-likeness (QED) is 0.0465. The number of furan rings is 3. The van der Waals surface area contributed by atoms with Gasteiger partial charge in [-0.3, -0.25) is 14.4 Å². The van der Waals surface area contributed by atoms with Crippen LogP contribution in [0.3, 0.4) is 0 Å². The third kappa shape index (κ3) is 13.0. The number of carbonyl (C=O) groups is 3. The minimum Gasteiger partial charge on any atom is -0.461 e. The summed E-state index contributed by atoms with van der Waals surface area (Å²) in [7, 11) is 0. The summed E-state index contributed by atoms with van der Waals surface area (Å²) >= 11 is 0. The minimum absolute atomic E-state index is 0.121. The first-order valence-electron chi connectivity index (χ1n) is 33.0. The number of nitrogens with one attached hydrogen (secondary N) is 3. The van der Waals surface area contributed by atoms with Gasteiger partial charge in [-0.1, -0.05) is 182 Å². The lowest BCUT2D eigenvalue weighted by Crippen LogP contribution is -2.33. The van der Waals surface area contributed by atoms with Gasteiger partial charge >= 0.3 is 0 Å². The zero-order valence-electron chi connectivity index (χ0n) is 55.3. The lowest BCUT2D eigenvalue weighted by Gasteiger charge is -2.18. The number of fused-ring (bicyclic) bond motifs is 9. The highest BCUT2D eigenvalue weighted by atomic mass is 16.3. The second kappa shape index (κ2) is 28.3. The Morgan fingerprint density at radius 1 is 0.324 bits per heavy atom. The van der Waals surface area contributed by atoms with E-state index in [4.69, 9.17) is 30.5 Å². The number of nitrogens with two attached hydrogens (primary N) is 3. The summed E-state index contributed by atoms with van der Waals surface area (Å²) in [5.74, 6) is 2.37. The van der Waals surface area contributed by atoms with Crippen LogP contribution in [0.2, 0.25) is 0 Å². The maximum atomic E-state index is 13.5. The van der Waals surface area contributed by atoms with E-state index in [1.54, 1.807) is 87.8 Å². The van der Waals surface area contributed by atoms with E-state index < -0.39 is 18.1 Å². The summed E-state index contributed by atoms with van der Waals surface area (Å²) in [5, 5.41) is 37.8. The Labute approximate surface area is 593 Å². The van der Waals surface area contributed by atoms with E-state index in [9.17, 15) is 14.4 Å². The summed E-state index contributed by atoms with van der Waals surface area (Å²) in [4.78, 5) is 67.9. The molecule has 0 saturated heterocycles. The number of rotatable bonds is 18. The van der Waals surface area contributed by atoms with E-state index in [1.807, 2.05) is 182 Å². The van der Waals surface area contributed by atoms with E-state index in [-0.39, 0.29) is 35.6 Å². The van der Waals surface area contributed by atoms with Crippen molar-refractivity contribution in [2.45, 2.75) is 37.8 Å². The van der Waals surface area contributed by atoms with Crippen molar-refractivity contribution in [3.05, 3.63) is 289 Å². The molecule has 18 aromatic rings. The molecule has 0 spiro atoms. The zero-order chi connectivity index (χ0) is 71.3. The van der Waals surface area contributed by atoms with Crippen LogP contribution in [0.25, 0.3) is 84.8 Å². The highest BCUT2D eigenvalue weighted by molar-refractivity contribution is 5.95. The lowest BCUT2D eigenvalue weighted by atomic mass is 10.1. The molecule has 1 unspecified atom stereocenters. The van der Waals surface area contributed by atoms with Crippen molar-refractivity contribution in [1.82, 2.24) is 104 Å². The number of aromatic nitrogens is 18. The standard InChI is InChI=1S/3C25H20N8O2/c3*26-25-30-23-18(22-29-21(31-33(22)25)19-12-7-13-35-19)15-28-32(23)20(17-10-5-2-6-11-17)24(34)27-14-16-8-3-1-4-9-16/h3*1-13,15,20H,14H2,(H2,26,30)(H,27,34)/t2*20-;/m10./s1. The Bertz CT molecular complexity index is 5460. The van der Waals surface area contributed by atoms with Crippen LogP contribution in [0.5, 0.6) is 0 Å². The Morgan fingerprint density at radius 3 is 0.829 bits per heavy atom. The van der Waals surface area contributed by atoms with Crippen molar-refractivity contribution in [2.24, 2.45) is 0 Å². The van der Waals surface area contributed by atoms with E-state index in [0.717, 1.165) is 33.4 Å². The van der Waals surface area contributed by atoms with E-state index in [1.165, 1.54) is 13.5 Å². The molecule has 0 fully saturated rings. The van der Waals surface area contributed by atoms with Gasteiger partial charge in [0.1, 0.15) is 0 Å². The summed E-state index contributed by atoms with van der Waals surface area (Å²) in [5.41, 5.74) is 26.7. The van der Waals surface area contributed by atoms with Gasteiger partial charge in [-0.2, -0.15) is 43.8 Å². The molecule has 12 aromatic heterocycles. The van der Waals surface area contributed by atoms with Crippen LogP contribution < -0.4 is 33.2 Å². The number of hydrogen-bond acceptors (Lipinski definition) is 21. The minimum atomic E-state index is -0.765. The average molecular weight is 1390 g/mol.